The van der Waals surface area contributed by atoms with Crippen LogP contribution in [0.5, 0.6) is 11.5 Å². The van der Waals surface area contributed by atoms with Gasteiger partial charge in [0.15, 0.2) is 6.17 Å². The van der Waals surface area contributed by atoms with Gasteiger partial charge in [0, 0.05) is 17.7 Å². The van der Waals surface area contributed by atoms with Crippen molar-refractivity contribution in [1.82, 2.24) is 14.3 Å². The van der Waals surface area contributed by atoms with Gasteiger partial charge in [0.2, 0.25) is 0 Å². The lowest BCUT2D eigenvalue weighted by Gasteiger charge is -2.26. The monoisotopic (exact) mass is 415 g/mol. The van der Waals surface area contributed by atoms with Crippen LogP contribution in [0.15, 0.2) is 12.1 Å². The average molecular weight is 415 g/mol. The molecule has 0 unspecified atom stereocenters. The zero-order valence-corrected chi connectivity index (χ0v) is 17.2. The first-order valence-corrected chi connectivity index (χ1v) is 10.00. The van der Waals surface area contributed by atoms with E-state index < -0.39 is 34.3 Å². The predicted octanol–water partition coefficient (Wildman–Crippen LogP) is 0.214. The molecule has 10 nitrogen and oxygen atoms in total. The minimum Gasteiger partial charge on any atom is -0.496 e. The number of carbonyl (C=O) groups is 2. The first kappa shape index (κ1) is 21.9. The van der Waals surface area contributed by atoms with Gasteiger partial charge in [0.05, 0.1) is 14.2 Å². The number of rotatable bonds is 8. The summed E-state index contributed by atoms with van der Waals surface area (Å²) in [4.78, 5) is 23.7. The van der Waals surface area contributed by atoms with Crippen LogP contribution in [-0.2, 0) is 26.3 Å². The molecule has 3 N–H and O–H groups in total. The van der Waals surface area contributed by atoms with Crippen molar-refractivity contribution in [3.05, 3.63) is 23.3 Å². The van der Waals surface area contributed by atoms with Crippen LogP contribution < -0.4 is 19.5 Å². The fourth-order valence-corrected chi connectivity index (χ4v) is 4.32. The lowest BCUT2D eigenvalue weighted by atomic mass is 10.0. The number of hydrogen-bond donors (Lipinski definition) is 3. The number of carboxylic acids is 1. The van der Waals surface area contributed by atoms with Crippen molar-refractivity contribution in [2.75, 3.05) is 14.2 Å². The van der Waals surface area contributed by atoms with Crippen molar-refractivity contribution >= 4 is 22.1 Å². The number of ether oxygens (including phenoxy) is 2. The first-order valence-electron chi connectivity index (χ1n) is 8.56. The average Bonchev–Trinajstić information content (AvgIpc) is 2.80. The highest BCUT2D eigenvalue weighted by Gasteiger charge is 2.46. The second kappa shape index (κ2) is 8.33. The summed E-state index contributed by atoms with van der Waals surface area (Å²) in [5.41, 5.74) is 1.18. The van der Waals surface area contributed by atoms with Gasteiger partial charge < -0.3 is 14.6 Å². The van der Waals surface area contributed by atoms with Gasteiger partial charge in [0.1, 0.15) is 17.5 Å². The van der Waals surface area contributed by atoms with Crippen molar-refractivity contribution < 1.29 is 32.6 Å². The highest BCUT2D eigenvalue weighted by molar-refractivity contribution is 7.88. The Kier molecular flexibility index (Phi) is 6.52. The van der Waals surface area contributed by atoms with E-state index in [0.717, 1.165) is 4.31 Å². The molecule has 1 saturated heterocycles. The van der Waals surface area contributed by atoms with Crippen LogP contribution in [0.4, 0.5) is 0 Å². The molecular formula is C17H25N3O7S. The molecule has 156 valence electrons. The fraction of sp³-hybridized carbons (Fsp3) is 0.529. The van der Waals surface area contributed by atoms with Crippen molar-refractivity contribution in [1.29, 1.82) is 0 Å². The van der Waals surface area contributed by atoms with Crippen molar-refractivity contribution in [2.45, 2.75) is 39.5 Å². The normalized spacial score (nSPS) is 20.1. The largest absolute Gasteiger partial charge is 0.496 e. The molecule has 0 aromatic heterocycles. The number of benzene rings is 1. The number of methoxy groups -OCH3 is 2. The Morgan fingerprint density at radius 1 is 1.32 bits per heavy atom. The molecule has 0 saturated carbocycles. The van der Waals surface area contributed by atoms with Crippen LogP contribution in [0.1, 0.15) is 25.0 Å². The molecule has 11 heteroatoms. The summed E-state index contributed by atoms with van der Waals surface area (Å²) in [5.74, 6) is -1.39. The maximum Gasteiger partial charge on any atom is 0.321 e. The van der Waals surface area contributed by atoms with Crippen LogP contribution in [0.25, 0.3) is 0 Å². The number of carbonyl (C=O) groups excluding carboxylic acids is 1. The van der Waals surface area contributed by atoms with Crippen LogP contribution >= 0.6 is 0 Å². The summed E-state index contributed by atoms with van der Waals surface area (Å²) in [6.45, 7) is 4.88. The number of aliphatic carboxylic acids is 1. The van der Waals surface area contributed by atoms with E-state index in [1.165, 1.54) is 14.2 Å². The van der Waals surface area contributed by atoms with Gasteiger partial charge in [-0.25, -0.2) is 4.72 Å². The molecule has 2 atom stereocenters. The topological polar surface area (TPSA) is 134 Å². The third-order valence-corrected chi connectivity index (χ3v) is 5.95. The zero-order chi connectivity index (χ0) is 21.2. The lowest BCUT2D eigenvalue weighted by molar-refractivity contribution is -0.141. The van der Waals surface area contributed by atoms with Crippen LogP contribution in [0, 0.1) is 12.8 Å². The molecule has 0 radical (unpaired) electrons. The van der Waals surface area contributed by atoms with E-state index in [4.69, 9.17) is 9.47 Å². The first-order chi connectivity index (χ1) is 13.0. The fourth-order valence-electron chi connectivity index (χ4n) is 3.09. The predicted molar refractivity (Wildman–Crippen MR) is 100 cm³/mol. The summed E-state index contributed by atoms with van der Waals surface area (Å²) in [5, 5.41) is 12.0. The van der Waals surface area contributed by atoms with Gasteiger partial charge >= 0.3 is 16.2 Å². The van der Waals surface area contributed by atoms with E-state index >= 15 is 0 Å². The van der Waals surface area contributed by atoms with E-state index in [-0.39, 0.29) is 12.5 Å². The third-order valence-electron chi connectivity index (χ3n) is 4.53. The van der Waals surface area contributed by atoms with Gasteiger partial charge in [0.25, 0.3) is 5.91 Å². The molecule has 1 aliphatic heterocycles. The van der Waals surface area contributed by atoms with Gasteiger partial charge in [-0.2, -0.15) is 12.7 Å². The maximum absolute atomic E-state index is 12.5. The molecule has 0 spiro atoms. The zero-order valence-electron chi connectivity index (χ0n) is 16.3. The van der Waals surface area contributed by atoms with E-state index in [1.807, 2.05) is 4.72 Å². The second-order valence-corrected chi connectivity index (χ2v) is 8.35. The number of nitrogens with zero attached hydrogens (tertiary/aromatic N) is 1. The van der Waals surface area contributed by atoms with Crippen LogP contribution in [0.3, 0.4) is 0 Å². The molecule has 1 amide bonds. The summed E-state index contributed by atoms with van der Waals surface area (Å²) in [7, 11) is -1.19. The molecule has 1 aliphatic rings. The van der Waals surface area contributed by atoms with Crippen LogP contribution in [-0.4, -0.2) is 56.1 Å². The number of amides is 1. The van der Waals surface area contributed by atoms with Gasteiger partial charge in [-0.1, -0.05) is 19.9 Å². The highest BCUT2D eigenvalue weighted by Crippen LogP contribution is 2.33. The minimum absolute atomic E-state index is 0.197. The number of hydrogen-bond acceptors (Lipinski definition) is 7. The maximum atomic E-state index is 12.5. The molecule has 1 fully saturated rings. The molecule has 28 heavy (non-hydrogen) atoms. The quantitative estimate of drug-likeness (QED) is 0.549. The summed E-state index contributed by atoms with van der Waals surface area (Å²) >= 11 is 0. The molecule has 2 rings (SSSR count). The summed E-state index contributed by atoms with van der Waals surface area (Å²) in [6, 6.07) is 2.20. The molecule has 1 aromatic carbocycles. The molecule has 1 aromatic rings. The lowest BCUT2D eigenvalue weighted by Crippen LogP contribution is -2.54. The van der Waals surface area contributed by atoms with Gasteiger partial charge in [-0.3, -0.25) is 14.9 Å². The van der Waals surface area contributed by atoms with Gasteiger partial charge in [-0.15, -0.1) is 0 Å². The smallest absolute Gasteiger partial charge is 0.321 e. The highest BCUT2D eigenvalue weighted by atomic mass is 32.2. The minimum atomic E-state index is -4.14. The molecule has 0 bridgehead atoms. The van der Waals surface area contributed by atoms with Crippen molar-refractivity contribution in [3.8, 4) is 11.5 Å². The van der Waals surface area contributed by atoms with E-state index in [9.17, 15) is 23.1 Å². The van der Waals surface area contributed by atoms with E-state index in [0.29, 0.717) is 22.6 Å². The van der Waals surface area contributed by atoms with Gasteiger partial charge in [-0.05, 0) is 18.9 Å². The van der Waals surface area contributed by atoms with Crippen molar-refractivity contribution in [3.63, 3.8) is 0 Å². The summed E-state index contributed by atoms with van der Waals surface area (Å²) in [6.07, 6.45) is -1.36. The molecular weight excluding hydrogens is 390 g/mol. The SMILES string of the molecule is COc1ccc(CN2[C@@H](N[C@H](C(=O)O)C(C)C)C(=O)NS2(=O)=O)c(OC)c1C. The molecule has 0 aliphatic carbocycles. The summed E-state index contributed by atoms with van der Waals surface area (Å²) < 4.78 is 38.3. The standard InChI is InChI=1S/C17H25N3O7S/c1-9(2)13(17(22)23)18-15-16(21)19-28(24,25)20(15)8-11-6-7-12(26-4)10(3)14(11)27-5/h6-7,9,13,15,18H,8H2,1-5H3,(H,19,21)(H,22,23)/t13-,15+/m0/s1. The Morgan fingerprint density at radius 2 is 1.96 bits per heavy atom. The van der Waals surface area contributed by atoms with E-state index in [2.05, 4.69) is 5.32 Å². The Labute approximate surface area is 164 Å². The number of carboxylic acid groups (broad SMARTS) is 1. The Morgan fingerprint density at radius 3 is 2.46 bits per heavy atom. The second-order valence-electron chi connectivity index (χ2n) is 6.73. The number of nitrogens with one attached hydrogen (secondary N) is 2. The Balaban J connectivity index is 2.42. The third kappa shape index (κ3) is 4.21. The van der Waals surface area contributed by atoms with E-state index in [1.54, 1.807) is 32.9 Å². The van der Waals surface area contributed by atoms with Crippen molar-refractivity contribution in [2.24, 2.45) is 5.92 Å². The van der Waals surface area contributed by atoms with Crippen LogP contribution in [0.2, 0.25) is 0 Å². The Bertz CT molecular complexity index is 870. The Hall–Kier alpha value is -2.37. The molecule has 1 heterocycles.